The van der Waals surface area contributed by atoms with Crippen molar-refractivity contribution in [2.75, 3.05) is 6.61 Å². The molecule has 2 heteroatoms. The van der Waals surface area contributed by atoms with E-state index < -0.39 is 0 Å². The maximum absolute atomic E-state index is 10.0. The van der Waals surface area contributed by atoms with E-state index in [1.54, 1.807) is 0 Å². The van der Waals surface area contributed by atoms with Gasteiger partial charge in [-0.2, -0.15) is 5.26 Å². The number of hydrogen-bond donors (Lipinski definition) is 0. The Balaban J connectivity index is 1.65. The lowest BCUT2D eigenvalue weighted by atomic mass is 9.67. The first-order chi connectivity index (χ1) is 17.0. The molecule has 0 aliphatic heterocycles. The molecule has 0 N–H and O–H groups in total. The molecular weight excluding hydrogens is 426 g/mol. The second-order valence-corrected chi connectivity index (χ2v) is 12.0. The summed E-state index contributed by atoms with van der Waals surface area (Å²) in [6.07, 6.45) is 21.3. The van der Waals surface area contributed by atoms with Crippen molar-refractivity contribution in [2.24, 2.45) is 17.3 Å². The van der Waals surface area contributed by atoms with Gasteiger partial charge in [-0.05, 0) is 80.4 Å². The average molecular weight is 482 g/mol. The Morgan fingerprint density at radius 1 is 0.857 bits per heavy atom. The number of unbranched alkanes of at least 4 members (excludes halogenated alkanes) is 7. The van der Waals surface area contributed by atoms with Crippen LogP contribution in [0.4, 0.5) is 0 Å². The normalized spacial score (nSPS) is 21.1. The number of ether oxygens (including phenoxy) is 1. The molecule has 0 aromatic heterocycles. The molecule has 1 saturated carbocycles. The van der Waals surface area contributed by atoms with Gasteiger partial charge in [0.2, 0.25) is 0 Å². The molecule has 0 spiro atoms. The second kappa shape index (κ2) is 17.1. The smallest absolute Gasteiger partial charge is 0.119 e. The Labute approximate surface area is 218 Å². The highest BCUT2D eigenvalue weighted by Crippen LogP contribution is 2.46. The SMILES string of the molecule is CCCCCCCCCCOc1ccc(C2CCC(C#N)(CCC(C)CCCC(C)C)CC2)cc1. The van der Waals surface area contributed by atoms with Crippen LogP contribution in [0.2, 0.25) is 0 Å². The van der Waals surface area contributed by atoms with Crippen molar-refractivity contribution in [3.05, 3.63) is 29.8 Å². The van der Waals surface area contributed by atoms with Crippen LogP contribution in [-0.2, 0) is 0 Å². The minimum atomic E-state index is -0.0815. The Morgan fingerprint density at radius 3 is 2.09 bits per heavy atom. The summed E-state index contributed by atoms with van der Waals surface area (Å²) in [5.41, 5.74) is 1.35. The highest BCUT2D eigenvalue weighted by Gasteiger charge is 2.35. The minimum absolute atomic E-state index is 0.0815. The lowest BCUT2D eigenvalue weighted by Gasteiger charge is -2.36. The molecular formula is C33H55NO. The van der Waals surface area contributed by atoms with Gasteiger partial charge in [-0.3, -0.25) is 0 Å². The van der Waals surface area contributed by atoms with E-state index in [1.165, 1.54) is 76.2 Å². The first-order valence-corrected chi connectivity index (χ1v) is 15.1. The summed E-state index contributed by atoms with van der Waals surface area (Å²) in [7, 11) is 0. The second-order valence-electron chi connectivity index (χ2n) is 12.0. The van der Waals surface area contributed by atoms with E-state index in [9.17, 15) is 5.26 Å². The first kappa shape index (κ1) is 29.7. The minimum Gasteiger partial charge on any atom is -0.494 e. The summed E-state index contributed by atoms with van der Waals surface area (Å²) >= 11 is 0. The average Bonchev–Trinajstić information content (AvgIpc) is 2.87. The summed E-state index contributed by atoms with van der Waals surface area (Å²) in [5, 5.41) is 10.0. The summed E-state index contributed by atoms with van der Waals surface area (Å²) in [4.78, 5) is 0. The van der Waals surface area contributed by atoms with Crippen LogP contribution in [-0.4, -0.2) is 6.61 Å². The summed E-state index contributed by atoms with van der Waals surface area (Å²) < 4.78 is 6.00. The van der Waals surface area contributed by atoms with Crippen LogP contribution < -0.4 is 4.74 Å². The highest BCUT2D eigenvalue weighted by molar-refractivity contribution is 5.30. The molecule has 1 aromatic carbocycles. The van der Waals surface area contributed by atoms with Crippen LogP contribution in [0, 0.1) is 28.6 Å². The fourth-order valence-electron chi connectivity index (χ4n) is 5.73. The zero-order valence-electron chi connectivity index (χ0n) is 23.6. The van der Waals surface area contributed by atoms with E-state index in [2.05, 4.69) is 58.0 Å². The monoisotopic (exact) mass is 481 g/mol. The van der Waals surface area contributed by atoms with Gasteiger partial charge in [0, 0.05) is 0 Å². The van der Waals surface area contributed by atoms with E-state index in [0.29, 0.717) is 5.92 Å². The van der Waals surface area contributed by atoms with Crippen molar-refractivity contribution in [1.29, 1.82) is 5.26 Å². The zero-order chi connectivity index (χ0) is 25.4. The summed E-state index contributed by atoms with van der Waals surface area (Å²) in [6, 6.07) is 11.6. The molecule has 2 rings (SSSR count). The molecule has 1 fully saturated rings. The van der Waals surface area contributed by atoms with Crippen molar-refractivity contribution < 1.29 is 4.74 Å². The van der Waals surface area contributed by atoms with Crippen molar-refractivity contribution >= 4 is 0 Å². The van der Waals surface area contributed by atoms with E-state index in [0.717, 1.165) is 62.7 Å². The molecule has 0 saturated heterocycles. The van der Waals surface area contributed by atoms with Crippen molar-refractivity contribution in [3.8, 4) is 11.8 Å². The quantitative estimate of drug-likeness (QED) is 0.195. The maximum atomic E-state index is 10.0. The van der Waals surface area contributed by atoms with E-state index in [4.69, 9.17) is 4.74 Å². The molecule has 2 nitrogen and oxygen atoms in total. The van der Waals surface area contributed by atoms with Gasteiger partial charge in [0.05, 0.1) is 18.1 Å². The van der Waals surface area contributed by atoms with Crippen LogP contribution in [0.25, 0.3) is 0 Å². The van der Waals surface area contributed by atoms with E-state index in [1.807, 2.05) is 0 Å². The van der Waals surface area contributed by atoms with Crippen LogP contribution >= 0.6 is 0 Å². The van der Waals surface area contributed by atoms with Crippen LogP contribution in [0.3, 0.4) is 0 Å². The van der Waals surface area contributed by atoms with Crippen molar-refractivity contribution in [2.45, 2.75) is 143 Å². The molecule has 1 aliphatic rings. The number of rotatable bonds is 18. The largest absolute Gasteiger partial charge is 0.494 e. The third-order valence-electron chi connectivity index (χ3n) is 8.39. The number of hydrogen-bond acceptors (Lipinski definition) is 2. The Morgan fingerprint density at radius 2 is 1.49 bits per heavy atom. The summed E-state index contributed by atoms with van der Waals surface area (Å²) in [6.45, 7) is 10.1. The molecule has 0 bridgehead atoms. The third-order valence-corrected chi connectivity index (χ3v) is 8.39. The van der Waals surface area contributed by atoms with Gasteiger partial charge in [0.25, 0.3) is 0 Å². The number of benzene rings is 1. The van der Waals surface area contributed by atoms with Crippen LogP contribution in [0.5, 0.6) is 5.75 Å². The molecule has 1 aliphatic carbocycles. The topological polar surface area (TPSA) is 33.0 Å². The van der Waals surface area contributed by atoms with Gasteiger partial charge in [-0.15, -0.1) is 0 Å². The van der Waals surface area contributed by atoms with E-state index >= 15 is 0 Å². The first-order valence-electron chi connectivity index (χ1n) is 15.1. The zero-order valence-corrected chi connectivity index (χ0v) is 23.6. The van der Waals surface area contributed by atoms with Crippen LogP contribution in [0.1, 0.15) is 148 Å². The fraction of sp³-hybridized carbons (Fsp3) is 0.788. The molecule has 1 aromatic rings. The fourth-order valence-corrected chi connectivity index (χ4v) is 5.73. The summed E-state index contributed by atoms with van der Waals surface area (Å²) in [5.74, 6) is 3.15. The maximum Gasteiger partial charge on any atom is 0.119 e. The van der Waals surface area contributed by atoms with Gasteiger partial charge in [0.1, 0.15) is 5.75 Å². The van der Waals surface area contributed by atoms with Gasteiger partial charge in [-0.1, -0.05) is 104 Å². The van der Waals surface area contributed by atoms with Crippen LogP contribution in [0.15, 0.2) is 24.3 Å². The lowest BCUT2D eigenvalue weighted by molar-refractivity contribution is 0.211. The predicted octanol–water partition coefficient (Wildman–Crippen LogP) is 10.6. The molecule has 0 amide bonds. The molecule has 1 atom stereocenters. The van der Waals surface area contributed by atoms with Gasteiger partial charge in [0.15, 0.2) is 0 Å². The number of nitriles is 1. The highest BCUT2D eigenvalue weighted by atomic mass is 16.5. The Hall–Kier alpha value is -1.49. The molecule has 1 unspecified atom stereocenters. The molecule has 0 heterocycles. The molecule has 198 valence electrons. The predicted molar refractivity (Wildman–Crippen MR) is 151 cm³/mol. The Kier molecular flexibility index (Phi) is 14.5. The van der Waals surface area contributed by atoms with Gasteiger partial charge in [-0.25, -0.2) is 0 Å². The number of nitrogens with zero attached hydrogens (tertiary/aromatic N) is 1. The molecule has 0 radical (unpaired) electrons. The van der Waals surface area contributed by atoms with Crippen molar-refractivity contribution in [1.82, 2.24) is 0 Å². The van der Waals surface area contributed by atoms with Gasteiger partial charge < -0.3 is 4.74 Å². The van der Waals surface area contributed by atoms with E-state index in [-0.39, 0.29) is 5.41 Å². The molecule has 35 heavy (non-hydrogen) atoms. The third kappa shape index (κ3) is 11.9. The standard InChI is InChI=1S/C33H55NO/c1-5-6-7-8-9-10-11-12-26-35-32-18-16-30(17-19-32)31-21-24-33(27-34,25-22-31)23-20-29(4)15-13-14-28(2)3/h16-19,28-29,31H,5-15,20-26H2,1-4H3. The lowest BCUT2D eigenvalue weighted by Crippen LogP contribution is -2.26. The van der Waals surface area contributed by atoms with Crippen molar-refractivity contribution in [3.63, 3.8) is 0 Å². The van der Waals surface area contributed by atoms with Gasteiger partial charge >= 0.3 is 0 Å². The Bertz CT molecular complexity index is 693.